The van der Waals surface area contributed by atoms with Crippen molar-refractivity contribution in [3.05, 3.63) is 43.0 Å². The number of halogens is 14. The number of para-hydroxylation sites is 1. The summed E-state index contributed by atoms with van der Waals surface area (Å²) in [6.45, 7) is 5.54. The highest BCUT2D eigenvalue weighted by atomic mass is 19.5. The minimum absolute atomic E-state index is 0. The molecule has 1 nitrogen and oxygen atoms in total. The number of phenolic OH excluding ortho intramolecular Hbond substituents is 1. The molecule has 1 aromatic carbocycles. The van der Waals surface area contributed by atoms with E-state index in [-0.39, 0.29) is 9.41 Å². The zero-order chi connectivity index (χ0) is 22.0. The highest BCUT2D eigenvalue weighted by molar-refractivity contribution is 6.50. The molecule has 1 rings (SSSR count). The number of allylic oxidation sites excluding steroid dienone is 1. The van der Waals surface area contributed by atoms with E-state index in [2.05, 4.69) is 13.5 Å². The molecule has 0 spiro atoms. The van der Waals surface area contributed by atoms with E-state index in [1.165, 1.54) is 0 Å². The minimum Gasteiger partial charge on any atom is -0.508 e. The van der Waals surface area contributed by atoms with Crippen molar-refractivity contribution < 1.29 is 66.3 Å². The summed E-state index contributed by atoms with van der Waals surface area (Å²) in [7, 11) is -18.0. The molecule has 0 saturated carbocycles. The average Bonchev–Trinajstić information content (AvgIpc) is 2.34. The second-order valence-electron chi connectivity index (χ2n) is 3.52. The quantitative estimate of drug-likeness (QED) is 0.273. The summed E-state index contributed by atoms with van der Waals surface area (Å²) in [5.41, 5.74) is 0. The van der Waals surface area contributed by atoms with Gasteiger partial charge < -0.3 is 56.9 Å². The Hall–Kier alpha value is -2.03. The van der Waals surface area contributed by atoms with Gasteiger partial charge >= 0.3 is 21.8 Å². The van der Waals surface area contributed by atoms with Crippen LogP contribution in [-0.2, 0) is 0 Å². The van der Waals surface area contributed by atoms with Crippen LogP contribution in [0.4, 0.5) is 61.2 Å². The SMILES string of the molecule is C=CCC.F.F.F[B-](F)(F)F.F[B-](F)(F)F.F[B-](F)(F)F.Oc1ccccc1. The molecule has 172 valence electrons. The van der Waals surface area contributed by atoms with Gasteiger partial charge in [-0.05, 0) is 18.6 Å². The molecule has 0 bridgehead atoms. The Morgan fingerprint density at radius 2 is 0.893 bits per heavy atom. The van der Waals surface area contributed by atoms with Crippen molar-refractivity contribution in [2.45, 2.75) is 13.3 Å². The fourth-order valence-electron chi connectivity index (χ4n) is 0.428. The summed E-state index contributed by atoms with van der Waals surface area (Å²) in [4.78, 5) is 0. The van der Waals surface area contributed by atoms with E-state index in [1.807, 2.05) is 12.1 Å². The molecule has 0 heterocycles. The van der Waals surface area contributed by atoms with Crippen molar-refractivity contribution >= 4 is 21.8 Å². The summed E-state index contributed by atoms with van der Waals surface area (Å²) in [6.07, 6.45) is 2.96. The molecule has 1 aromatic rings. The standard InChI is InChI=1S/C6H6O.C4H8.3BF4.2FH/c7-6-4-2-1-3-5-6;1-3-4-2;3*2-1(3,4)5;;/h1-5,7H;3H,1,4H2,2H3;;;;2*1H/q;;3*-1;;. The number of rotatable bonds is 1. The average molecular weight is 451 g/mol. The predicted octanol–water partition coefficient (Wildman–Crippen LogP) is 7.18. The van der Waals surface area contributed by atoms with Crippen LogP contribution in [0.15, 0.2) is 43.0 Å². The topological polar surface area (TPSA) is 20.2 Å². The third-order valence-electron chi connectivity index (χ3n) is 1.04. The Balaban J connectivity index is -0.0000000539. The monoisotopic (exact) mass is 451 g/mol. The van der Waals surface area contributed by atoms with E-state index < -0.39 is 21.8 Å². The lowest BCUT2D eigenvalue weighted by Gasteiger charge is -1.94. The lowest BCUT2D eigenvalue weighted by atomic mass is 10.3. The smallest absolute Gasteiger partial charge is 0.508 e. The normalized spacial score (nSPS) is 9.46. The Morgan fingerprint density at radius 1 is 0.714 bits per heavy atom. The molecule has 0 aliphatic rings. The highest BCUT2D eigenvalue weighted by Crippen LogP contribution is 2.07. The van der Waals surface area contributed by atoms with Crippen LogP contribution >= 0.6 is 0 Å². The Bertz CT molecular complexity index is 374. The van der Waals surface area contributed by atoms with Gasteiger partial charge in [-0.1, -0.05) is 31.2 Å². The Morgan fingerprint density at radius 3 is 0.964 bits per heavy atom. The molecule has 0 saturated heterocycles. The van der Waals surface area contributed by atoms with Crippen molar-refractivity contribution in [1.29, 1.82) is 0 Å². The van der Waals surface area contributed by atoms with Crippen LogP contribution in [0.5, 0.6) is 5.75 Å². The van der Waals surface area contributed by atoms with Crippen LogP contribution in [0.3, 0.4) is 0 Å². The van der Waals surface area contributed by atoms with Crippen LogP contribution in [0.1, 0.15) is 13.3 Å². The second-order valence-corrected chi connectivity index (χ2v) is 3.52. The van der Waals surface area contributed by atoms with E-state index in [0.29, 0.717) is 5.75 Å². The first-order valence-corrected chi connectivity index (χ1v) is 6.28. The fourth-order valence-corrected chi connectivity index (χ4v) is 0.428. The van der Waals surface area contributed by atoms with Gasteiger partial charge in [0.1, 0.15) is 5.75 Å². The molecule has 28 heavy (non-hydrogen) atoms. The largest absolute Gasteiger partial charge is 0.673 e. The summed E-state index contributed by atoms with van der Waals surface area (Å²) in [6, 6.07) is 8.71. The molecule has 0 aliphatic carbocycles. The van der Waals surface area contributed by atoms with Gasteiger partial charge in [0.05, 0.1) is 0 Å². The molecular weight excluding hydrogens is 435 g/mol. The third kappa shape index (κ3) is 260. The first kappa shape index (κ1) is 40.6. The molecule has 0 fully saturated rings. The highest BCUT2D eigenvalue weighted by Gasteiger charge is 2.21. The lowest BCUT2D eigenvalue weighted by Crippen LogP contribution is -2.02. The molecule has 18 heteroatoms. The molecule has 0 atom stereocenters. The van der Waals surface area contributed by atoms with Crippen molar-refractivity contribution in [3.8, 4) is 5.75 Å². The number of phenols is 1. The third-order valence-corrected chi connectivity index (χ3v) is 1.04. The Kier molecular flexibility index (Phi) is 30.9. The lowest BCUT2D eigenvalue weighted by molar-refractivity contribution is 0.366. The van der Waals surface area contributed by atoms with Gasteiger partial charge in [0.25, 0.3) is 0 Å². The summed E-state index contributed by atoms with van der Waals surface area (Å²) >= 11 is 0. The summed E-state index contributed by atoms with van der Waals surface area (Å²) in [5.74, 6) is 0.322. The second kappa shape index (κ2) is 21.3. The van der Waals surface area contributed by atoms with Gasteiger partial charge in [0.15, 0.2) is 0 Å². The van der Waals surface area contributed by atoms with Crippen molar-refractivity contribution in [2.75, 3.05) is 0 Å². The Labute approximate surface area is 151 Å². The van der Waals surface area contributed by atoms with Crippen LogP contribution in [-0.4, -0.2) is 26.9 Å². The maximum atomic E-state index is 9.75. The van der Waals surface area contributed by atoms with E-state index in [0.717, 1.165) is 6.42 Å². The molecule has 1 N–H and O–H groups in total. The van der Waals surface area contributed by atoms with Crippen LogP contribution in [0.25, 0.3) is 0 Å². The predicted molar refractivity (Wildman–Crippen MR) is 84.2 cm³/mol. The van der Waals surface area contributed by atoms with Crippen molar-refractivity contribution in [2.24, 2.45) is 0 Å². The first-order chi connectivity index (χ1) is 11.3. The van der Waals surface area contributed by atoms with Crippen LogP contribution < -0.4 is 0 Å². The molecule has 0 radical (unpaired) electrons. The number of aromatic hydroxyl groups is 1. The van der Waals surface area contributed by atoms with Gasteiger partial charge in [-0.15, -0.1) is 6.58 Å². The first-order valence-electron chi connectivity index (χ1n) is 6.28. The van der Waals surface area contributed by atoms with Gasteiger partial charge in [-0.2, -0.15) is 0 Å². The molecule has 0 amide bonds. The van der Waals surface area contributed by atoms with E-state index in [9.17, 15) is 51.8 Å². The maximum absolute atomic E-state index is 9.75. The maximum Gasteiger partial charge on any atom is 0.673 e. The van der Waals surface area contributed by atoms with Gasteiger partial charge in [-0.25, -0.2) is 0 Å². The molecule has 0 aromatic heterocycles. The molecule has 0 unspecified atom stereocenters. The number of hydrogen-bond donors (Lipinski definition) is 1. The van der Waals surface area contributed by atoms with Gasteiger partial charge in [0, 0.05) is 0 Å². The molecular formula is C10H16B3F14O-3. The van der Waals surface area contributed by atoms with Crippen molar-refractivity contribution in [1.82, 2.24) is 0 Å². The van der Waals surface area contributed by atoms with E-state index in [1.54, 1.807) is 24.3 Å². The minimum atomic E-state index is -6.00. The number of hydrogen-bond acceptors (Lipinski definition) is 1. The van der Waals surface area contributed by atoms with Crippen LogP contribution in [0, 0.1) is 0 Å². The van der Waals surface area contributed by atoms with Gasteiger partial charge in [-0.3, -0.25) is 9.41 Å². The van der Waals surface area contributed by atoms with Crippen molar-refractivity contribution in [3.63, 3.8) is 0 Å². The van der Waals surface area contributed by atoms with Crippen LogP contribution in [0.2, 0.25) is 0 Å². The fraction of sp³-hybridized carbons (Fsp3) is 0.200. The molecule has 0 aliphatic heterocycles. The summed E-state index contributed by atoms with van der Waals surface area (Å²) in [5, 5.41) is 8.63. The zero-order valence-electron chi connectivity index (χ0n) is 13.9. The summed E-state index contributed by atoms with van der Waals surface area (Å²) < 4.78 is 117. The van der Waals surface area contributed by atoms with E-state index in [4.69, 9.17) is 5.11 Å². The van der Waals surface area contributed by atoms with Gasteiger partial charge in [0.2, 0.25) is 0 Å². The van der Waals surface area contributed by atoms with E-state index >= 15 is 0 Å². The number of benzene rings is 1. The zero-order valence-corrected chi connectivity index (χ0v) is 13.9.